The third kappa shape index (κ3) is 1.75. The fourth-order valence-corrected chi connectivity index (χ4v) is 1.72. The fraction of sp³-hybridized carbons (Fsp3) is 0.125. The van der Waals surface area contributed by atoms with Crippen LogP contribution in [0.3, 0.4) is 0 Å². The van der Waals surface area contributed by atoms with Crippen LogP contribution in [-0.4, -0.2) is 9.61 Å². The average Bonchev–Trinajstić information content (AvgIpc) is 2.41. The molecular weight excluding hydrogens is 322 g/mol. The molecule has 0 aliphatic rings. The third-order valence-corrected chi connectivity index (χ3v) is 3.03. The summed E-state index contributed by atoms with van der Waals surface area (Å²) < 4.78 is 39.0. The Kier molecular flexibility index (Phi) is 2.28. The van der Waals surface area contributed by atoms with Gasteiger partial charge < -0.3 is 5.73 Å². The predicted octanol–water partition coefficient (Wildman–Crippen LogP) is 2.54. The summed E-state index contributed by atoms with van der Waals surface area (Å²) in [5.41, 5.74) is 5.15. The van der Waals surface area contributed by atoms with Crippen LogP contribution in [0, 0.1) is 3.57 Å². The molecule has 0 aliphatic carbocycles. The van der Waals surface area contributed by atoms with Crippen LogP contribution in [0.5, 0.6) is 0 Å². The van der Waals surface area contributed by atoms with Crippen molar-refractivity contribution in [1.29, 1.82) is 0 Å². The molecule has 0 atom stereocenters. The highest BCUT2D eigenvalue weighted by Gasteiger charge is 2.31. The number of hydrogen-bond donors (Lipinski definition) is 1. The number of anilines is 1. The lowest BCUT2D eigenvalue weighted by molar-refractivity contribution is -0.137. The van der Waals surface area contributed by atoms with Crippen molar-refractivity contribution in [3.8, 4) is 0 Å². The predicted molar refractivity (Wildman–Crippen MR) is 57.3 cm³/mol. The normalized spacial score (nSPS) is 12.3. The molecule has 2 heterocycles. The van der Waals surface area contributed by atoms with Crippen LogP contribution in [0.25, 0.3) is 5.52 Å². The van der Waals surface area contributed by atoms with Crippen LogP contribution < -0.4 is 5.73 Å². The Morgan fingerprint density at radius 2 is 2.07 bits per heavy atom. The number of halogens is 4. The molecule has 0 aliphatic heterocycles. The van der Waals surface area contributed by atoms with Gasteiger partial charge in [0.2, 0.25) is 0 Å². The van der Waals surface area contributed by atoms with E-state index >= 15 is 0 Å². The van der Waals surface area contributed by atoms with E-state index in [0.717, 1.165) is 12.1 Å². The molecule has 0 saturated carbocycles. The number of rotatable bonds is 0. The van der Waals surface area contributed by atoms with E-state index in [0.29, 0.717) is 9.09 Å². The second kappa shape index (κ2) is 3.26. The average molecular weight is 327 g/mol. The van der Waals surface area contributed by atoms with Crippen LogP contribution in [0.15, 0.2) is 18.3 Å². The fourth-order valence-electron chi connectivity index (χ4n) is 1.21. The van der Waals surface area contributed by atoms with Gasteiger partial charge in [0.1, 0.15) is 0 Å². The number of aromatic nitrogens is 2. The zero-order valence-electron chi connectivity index (χ0n) is 7.22. The standard InChI is InChI=1S/C8H5F3IN3/c9-8(10,11)4-1-2-15-5(3-4)6(12)7(13)14-15/h1-3H,(H2,13,14). The van der Waals surface area contributed by atoms with Gasteiger partial charge in [0.05, 0.1) is 14.7 Å². The Morgan fingerprint density at radius 1 is 1.40 bits per heavy atom. The van der Waals surface area contributed by atoms with E-state index in [4.69, 9.17) is 5.73 Å². The zero-order chi connectivity index (χ0) is 11.2. The maximum absolute atomic E-state index is 12.4. The number of fused-ring (bicyclic) bond motifs is 1. The molecule has 0 amide bonds. The molecule has 0 radical (unpaired) electrons. The van der Waals surface area contributed by atoms with E-state index in [9.17, 15) is 13.2 Å². The first kappa shape index (κ1) is 10.5. The number of nitrogen functional groups attached to an aromatic ring is 1. The topological polar surface area (TPSA) is 43.3 Å². The van der Waals surface area contributed by atoms with Crippen LogP contribution in [0.2, 0.25) is 0 Å². The van der Waals surface area contributed by atoms with E-state index in [2.05, 4.69) is 5.10 Å². The van der Waals surface area contributed by atoms with E-state index in [1.807, 2.05) is 22.6 Å². The van der Waals surface area contributed by atoms with E-state index in [-0.39, 0.29) is 5.82 Å². The minimum absolute atomic E-state index is 0.231. The first-order chi connectivity index (χ1) is 6.89. The maximum Gasteiger partial charge on any atom is 0.416 e. The highest BCUT2D eigenvalue weighted by molar-refractivity contribution is 14.1. The van der Waals surface area contributed by atoms with Gasteiger partial charge in [-0.3, -0.25) is 0 Å². The third-order valence-electron chi connectivity index (χ3n) is 1.93. The van der Waals surface area contributed by atoms with Crippen molar-refractivity contribution in [2.24, 2.45) is 0 Å². The van der Waals surface area contributed by atoms with Crippen molar-refractivity contribution in [3.63, 3.8) is 0 Å². The lowest BCUT2D eigenvalue weighted by Crippen LogP contribution is -2.05. The van der Waals surface area contributed by atoms with Gasteiger partial charge in [0.15, 0.2) is 5.82 Å². The van der Waals surface area contributed by atoms with Gasteiger partial charge in [-0.1, -0.05) is 0 Å². The number of alkyl halides is 3. The van der Waals surface area contributed by atoms with Gasteiger partial charge in [0, 0.05) is 6.20 Å². The largest absolute Gasteiger partial charge is 0.416 e. The van der Waals surface area contributed by atoms with E-state index < -0.39 is 11.7 Å². The quantitative estimate of drug-likeness (QED) is 0.756. The summed E-state index contributed by atoms with van der Waals surface area (Å²) in [7, 11) is 0. The Bertz CT molecular complexity index is 518. The first-order valence-corrected chi connectivity index (χ1v) is 4.98. The summed E-state index contributed by atoms with van der Waals surface area (Å²) in [4.78, 5) is 0. The summed E-state index contributed by atoms with van der Waals surface area (Å²) >= 11 is 1.87. The minimum atomic E-state index is -4.34. The summed E-state index contributed by atoms with van der Waals surface area (Å²) in [6.45, 7) is 0. The van der Waals surface area contributed by atoms with Crippen LogP contribution >= 0.6 is 22.6 Å². The highest BCUT2D eigenvalue weighted by Crippen LogP contribution is 2.31. The smallest absolute Gasteiger partial charge is 0.381 e. The number of pyridine rings is 1. The monoisotopic (exact) mass is 327 g/mol. The van der Waals surface area contributed by atoms with Crippen molar-refractivity contribution in [2.75, 3.05) is 5.73 Å². The number of nitrogens with zero attached hydrogens (tertiary/aromatic N) is 2. The summed E-state index contributed by atoms with van der Waals surface area (Å²) in [5, 5.41) is 3.86. The van der Waals surface area contributed by atoms with Crippen LogP contribution in [0.4, 0.5) is 19.0 Å². The van der Waals surface area contributed by atoms with Gasteiger partial charge in [-0.2, -0.15) is 13.2 Å². The van der Waals surface area contributed by atoms with Crippen molar-refractivity contribution in [1.82, 2.24) is 9.61 Å². The molecular formula is C8H5F3IN3. The molecule has 80 valence electrons. The molecule has 0 fully saturated rings. The van der Waals surface area contributed by atoms with Gasteiger partial charge in [-0.25, -0.2) is 4.52 Å². The highest BCUT2D eigenvalue weighted by atomic mass is 127. The number of hydrogen-bond acceptors (Lipinski definition) is 2. The van der Waals surface area contributed by atoms with Crippen molar-refractivity contribution in [2.45, 2.75) is 6.18 Å². The summed E-state index contributed by atoms with van der Waals surface area (Å²) in [6, 6.07) is 2.00. The molecule has 0 spiro atoms. The Balaban J connectivity index is 2.70. The molecule has 0 aromatic carbocycles. The second-order valence-electron chi connectivity index (χ2n) is 2.94. The Labute approximate surface area is 96.2 Å². The number of nitrogens with two attached hydrogens (primary N) is 1. The van der Waals surface area contributed by atoms with Crippen LogP contribution in [0.1, 0.15) is 5.56 Å². The molecule has 2 N–H and O–H groups in total. The molecule has 0 bridgehead atoms. The molecule has 2 aromatic heterocycles. The van der Waals surface area contributed by atoms with Crippen LogP contribution in [-0.2, 0) is 6.18 Å². The van der Waals surface area contributed by atoms with E-state index in [1.54, 1.807) is 0 Å². The second-order valence-corrected chi connectivity index (χ2v) is 4.02. The zero-order valence-corrected chi connectivity index (χ0v) is 9.37. The Morgan fingerprint density at radius 3 is 2.67 bits per heavy atom. The van der Waals surface area contributed by atoms with Gasteiger partial charge in [-0.05, 0) is 34.7 Å². The lowest BCUT2D eigenvalue weighted by Gasteiger charge is -2.06. The van der Waals surface area contributed by atoms with Crippen molar-refractivity contribution >= 4 is 33.9 Å². The molecule has 0 unspecified atom stereocenters. The van der Waals surface area contributed by atoms with Gasteiger partial charge in [0.25, 0.3) is 0 Å². The van der Waals surface area contributed by atoms with Gasteiger partial charge >= 0.3 is 6.18 Å². The Hall–Kier alpha value is -0.990. The summed E-state index contributed by atoms with van der Waals surface area (Å²) in [5.74, 6) is 0.231. The molecule has 0 saturated heterocycles. The molecule has 3 nitrogen and oxygen atoms in total. The van der Waals surface area contributed by atoms with E-state index in [1.165, 1.54) is 10.7 Å². The maximum atomic E-state index is 12.4. The molecule has 2 rings (SSSR count). The molecule has 15 heavy (non-hydrogen) atoms. The molecule has 7 heteroatoms. The summed E-state index contributed by atoms with van der Waals surface area (Å²) in [6.07, 6.45) is -3.10. The van der Waals surface area contributed by atoms with Crippen molar-refractivity contribution in [3.05, 3.63) is 27.5 Å². The first-order valence-electron chi connectivity index (χ1n) is 3.90. The molecule has 2 aromatic rings. The lowest BCUT2D eigenvalue weighted by atomic mass is 10.2. The van der Waals surface area contributed by atoms with Gasteiger partial charge in [-0.15, -0.1) is 5.10 Å². The minimum Gasteiger partial charge on any atom is -0.381 e. The van der Waals surface area contributed by atoms with Crippen molar-refractivity contribution < 1.29 is 13.2 Å². The SMILES string of the molecule is Nc1nn2ccc(C(F)(F)F)cc2c1I.